The van der Waals surface area contributed by atoms with Gasteiger partial charge in [-0.25, -0.2) is 4.39 Å². The van der Waals surface area contributed by atoms with Gasteiger partial charge in [-0.05, 0) is 35.9 Å². The van der Waals surface area contributed by atoms with Crippen LogP contribution in [0.25, 0.3) is 0 Å². The molecule has 6 heteroatoms. The Morgan fingerprint density at radius 1 is 1.15 bits per heavy atom. The molecule has 0 amide bonds. The van der Waals surface area contributed by atoms with E-state index in [9.17, 15) is 4.39 Å². The van der Waals surface area contributed by atoms with Crippen LogP contribution in [0.4, 0.5) is 10.1 Å². The van der Waals surface area contributed by atoms with Crippen molar-refractivity contribution >= 4 is 57.2 Å². The van der Waals surface area contributed by atoms with Gasteiger partial charge in [-0.2, -0.15) is 0 Å². The van der Waals surface area contributed by atoms with E-state index in [1.54, 1.807) is 18.2 Å². The van der Waals surface area contributed by atoms with Gasteiger partial charge in [-0.15, -0.1) is 0 Å². The minimum absolute atomic E-state index is 0.299. The molecule has 0 aliphatic rings. The van der Waals surface area contributed by atoms with Crippen LogP contribution < -0.4 is 5.32 Å². The number of nitrogens with one attached hydrogen (secondary N) is 1. The molecule has 2 aromatic carbocycles. The molecule has 0 spiro atoms. The van der Waals surface area contributed by atoms with E-state index < -0.39 is 0 Å². The van der Waals surface area contributed by atoms with Crippen molar-refractivity contribution in [2.24, 2.45) is 0 Å². The lowest BCUT2D eigenvalue weighted by Gasteiger charge is -2.08. The van der Waals surface area contributed by atoms with Crippen molar-refractivity contribution in [1.82, 2.24) is 0 Å². The highest BCUT2D eigenvalue weighted by Gasteiger charge is 2.03. The first-order valence-electron chi connectivity index (χ1n) is 5.68. The molecule has 0 atom stereocenters. The molecule has 2 rings (SSSR count). The molecule has 2 aromatic rings. The number of thiocarbonyl (C=S) groups is 1. The highest BCUT2D eigenvalue weighted by Crippen LogP contribution is 2.25. The molecule has 20 heavy (non-hydrogen) atoms. The summed E-state index contributed by atoms with van der Waals surface area (Å²) in [4.78, 5) is 0. The Morgan fingerprint density at radius 2 is 1.95 bits per heavy atom. The third kappa shape index (κ3) is 4.63. The van der Waals surface area contributed by atoms with Gasteiger partial charge in [-0.1, -0.05) is 59.3 Å². The third-order valence-corrected chi connectivity index (χ3v) is 4.46. The molecule has 0 aliphatic heterocycles. The minimum atomic E-state index is -0.299. The Hall–Kier alpha value is -0.810. The van der Waals surface area contributed by atoms with Crippen molar-refractivity contribution in [2.45, 2.75) is 5.75 Å². The van der Waals surface area contributed by atoms with Gasteiger partial charge in [0.05, 0.1) is 10.0 Å². The zero-order valence-corrected chi connectivity index (χ0v) is 13.3. The maximum absolute atomic E-state index is 13.0. The Kier molecular flexibility index (Phi) is 5.66. The standard InChI is InChI=1S/C14H10Cl2FNS2/c15-12-5-4-9(6-13(12)16)8-20-14(19)18-11-3-1-2-10(17)7-11/h1-7H,8H2,(H,18,19). The van der Waals surface area contributed by atoms with E-state index in [-0.39, 0.29) is 5.82 Å². The van der Waals surface area contributed by atoms with Crippen LogP contribution in [0.5, 0.6) is 0 Å². The number of hydrogen-bond donors (Lipinski definition) is 1. The Bertz CT molecular complexity index is 634. The Balaban J connectivity index is 1.90. The first-order chi connectivity index (χ1) is 9.54. The van der Waals surface area contributed by atoms with E-state index >= 15 is 0 Å². The average molecular weight is 346 g/mol. The third-order valence-electron chi connectivity index (χ3n) is 2.42. The number of halogens is 3. The largest absolute Gasteiger partial charge is 0.341 e. The molecule has 0 heterocycles. The lowest BCUT2D eigenvalue weighted by atomic mass is 10.2. The molecule has 0 bridgehead atoms. The predicted molar refractivity (Wildman–Crippen MR) is 90.4 cm³/mol. The van der Waals surface area contributed by atoms with Crippen LogP contribution in [0.15, 0.2) is 42.5 Å². The quantitative estimate of drug-likeness (QED) is 0.710. The van der Waals surface area contributed by atoms with Crippen molar-refractivity contribution in [1.29, 1.82) is 0 Å². The van der Waals surface area contributed by atoms with Gasteiger partial charge in [-0.3, -0.25) is 0 Å². The highest BCUT2D eigenvalue weighted by molar-refractivity contribution is 8.22. The second-order valence-electron chi connectivity index (χ2n) is 3.96. The summed E-state index contributed by atoms with van der Waals surface area (Å²) < 4.78 is 13.6. The second kappa shape index (κ2) is 7.27. The summed E-state index contributed by atoms with van der Waals surface area (Å²) in [6.45, 7) is 0. The van der Waals surface area contributed by atoms with Crippen molar-refractivity contribution in [3.05, 3.63) is 63.9 Å². The number of anilines is 1. The highest BCUT2D eigenvalue weighted by atomic mass is 35.5. The van der Waals surface area contributed by atoms with Gasteiger partial charge in [0.2, 0.25) is 0 Å². The van der Waals surface area contributed by atoms with Gasteiger partial charge < -0.3 is 5.32 Å². The first kappa shape index (κ1) is 15.6. The van der Waals surface area contributed by atoms with Crippen molar-refractivity contribution in [3.8, 4) is 0 Å². The molecule has 1 N–H and O–H groups in total. The fourth-order valence-corrected chi connectivity index (χ4v) is 2.78. The summed E-state index contributed by atoms with van der Waals surface area (Å²) in [7, 11) is 0. The molecule has 0 aromatic heterocycles. The maximum atomic E-state index is 13.0. The number of benzene rings is 2. The second-order valence-corrected chi connectivity index (χ2v) is 6.43. The van der Waals surface area contributed by atoms with Crippen LogP contribution in [0.1, 0.15) is 5.56 Å². The maximum Gasteiger partial charge on any atom is 0.138 e. The lowest BCUT2D eigenvalue weighted by molar-refractivity contribution is 0.628. The van der Waals surface area contributed by atoms with Crippen molar-refractivity contribution < 1.29 is 4.39 Å². The van der Waals surface area contributed by atoms with Crippen LogP contribution in [-0.4, -0.2) is 4.32 Å². The number of thioether (sulfide) groups is 1. The van der Waals surface area contributed by atoms with Crippen LogP contribution >= 0.6 is 47.2 Å². The zero-order valence-electron chi connectivity index (χ0n) is 10.2. The van der Waals surface area contributed by atoms with Crippen LogP contribution in [0.3, 0.4) is 0 Å². The van der Waals surface area contributed by atoms with Gasteiger partial charge in [0.1, 0.15) is 10.1 Å². The van der Waals surface area contributed by atoms with E-state index in [2.05, 4.69) is 5.32 Å². The number of rotatable bonds is 3. The Morgan fingerprint density at radius 3 is 2.65 bits per heavy atom. The van der Waals surface area contributed by atoms with Crippen molar-refractivity contribution in [3.63, 3.8) is 0 Å². The van der Waals surface area contributed by atoms with Gasteiger partial charge >= 0.3 is 0 Å². The average Bonchev–Trinajstić information content (AvgIpc) is 2.40. The molecule has 1 nitrogen and oxygen atoms in total. The van der Waals surface area contributed by atoms with Gasteiger partial charge in [0.25, 0.3) is 0 Å². The molecule has 0 radical (unpaired) electrons. The molecule has 104 valence electrons. The first-order valence-corrected chi connectivity index (χ1v) is 7.83. The Labute approximate surface area is 136 Å². The monoisotopic (exact) mass is 345 g/mol. The van der Waals surface area contributed by atoms with E-state index in [1.165, 1.54) is 23.9 Å². The van der Waals surface area contributed by atoms with E-state index in [0.717, 1.165) is 5.56 Å². The summed E-state index contributed by atoms with van der Waals surface area (Å²) in [5, 5.41) is 4.02. The number of hydrogen-bond acceptors (Lipinski definition) is 2. The molecule has 0 saturated heterocycles. The molecule has 0 aliphatic carbocycles. The SMILES string of the molecule is Fc1cccc(NC(=S)SCc2ccc(Cl)c(Cl)c2)c1. The molecular weight excluding hydrogens is 336 g/mol. The van der Waals surface area contributed by atoms with E-state index in [0.29, 0.717) is 25.8 Å². The van der Waals surface area contributed by atoms with E-state index in [4.69, 9.17) is 35.4 Å². The predicted octanol–water partition coefficient (Wildman–Crippen LogP) is 5.76. The van der Waals surface area contributed by atoms with Gasteiger partial charge in [0, 0.05) is 11.4 Å². The van der Waals surface area contributed by atoms with Crippen LogP contribution in [-0.2, 0) is 5.75 Å². The molecule has 0 unspecified atom stereocenters. The van der Waals surface area contributed by atoms with Gasteiger partial charge in [0.15, 0.2) is 0 Å². The van der Waals surface area contributed by atoms with Crippen molar-refractivity contribution in [2.75, 3.05) is 5.32 Å². The topological polar surface area (TPSA) is 12.0 Å². The molecule has 0 fully saturated rings. The normalized spacial score (nSPS) is 10.3. The summed E-state index contributed by atoms with van der Waals surface area (Å²) >= 11 is 18.4. The summed E-state index contributed by atoms with van der Waals surface area (Å²) in [6, 6.07) is 11.6. The summed E-state index contributed by atoms with van der Waals surface area (Å²) in [5.41, 5.74) is 1.66. The van der Waals surface area contributed by atoms with Crippen LogP contribution in [0.2, 0.25) is 10.0 Å². The molecular formula is C14H10Cl2FNS2. The summed E-state index contributed by atoms with van der Waals surface area (Å²) in [5.74, 6) is 0.366. The fourth-order valence-electron chi connectivity index (χ4n) is 1.50. The minimum Gasteiger partial charge on any atom is -0.341 e. The lowest BCUT2D eigenvalue weighted by Crippen LogP contribution is -2.04. The summed E-state index contributed by atoms with van der Waals surface area (Å²) in [6.07, 6.45) is 0. The van der Waals surface area contributed by atoms with Crippen LogP contribution in [0, 0.1) is 5.82 Å². The van der Waals surface area contributed by atoms with E-state index in [1.807, 2.05) is 12.1 Å². The smallest absolute Gasteiger partial charge is 0.138 e. The molecule has 0 saturated carbocycles. The zero-order chi connectivity index (χ0) is 14.5. The fraction of sp³-hybridized carbons (Fsp3) is 0.0714.